The maximum Gasteiger partial charge on any atom is 0.331 e. The molecule has 1 aliphatic carbocycles. The number of carbonyl (C=O) groups excluding carboxylic acids is 2. The fraction of sp³-hybridized carbons (Fsp3) is 0.304. The number of para-hydroxylation sites is 1. The third kappa shape index (κ3) is 5.22. The Hall–Kier alpha value is -3.08. The minimum Gasteiger partial charge on any atom is -0.493 e. The lowest BCUT2D eigenvalue weighted by molar-refractivity contribution is -0.143. The standard InChI is InChI=1S/C23H25NO4/c1-2-27-20-11-7-6-8-18(20)12-13-22(26)28-16-21(25)24-17-23(14-15-23)19-9-4-3-5-10-19/h3-13H,2,14-17H2,1H3,(H,24,25)/b13-12+. The Labute approximate surface area is 165 Å². The van der Waals surface area contributed by atoms with Crippen molar-refractivity contribution in [1.29, 1.82) is 0 Å². The molecule has 1 fully saturated rings. The van der Waals surface area contributed by atoms with Crippen LogP contribution in [-0.4, -0.2) is 31.6 Å². The maximum atomic E-state index is 12.0. The molecule has 5 heteroatoms. The van der Waals surface area contributed by atoms with Gasteiger partial charge < -0.3 is 14.8 Å². The van der Waals surface area contributed by atoms with E-state index in [2.05, 4.69) is 17.4 Å². The van der Waals surface area contributed by atoms with E-state index in [-0.39, 0.29) is 17.9 Å². The highest BCUT2D eigenvalue weighted by Gasteiger charge is 2.44. The molecule has 1 amide bonds. The molecule has 1 aliphatic rings. The van der Waals surface area contributed by atoms with Crippen LogP contribution in [0.3, 0.4) is 0 Å². The Bertz CT molecular complexity index is 841. The van der Waals surface area contributed by atoms with E-state index in [9.17, 15) is 9.59 Å². The summed E-state index contributed by atoms with van der Waals surface area (Å²) in [5.41, 5.74) is 2.05. The van der Waals surface area contributed by atoms with Gasteiger partial charge in [0.05, 0.1) is 6.61 Å². The van der Waals surface area contributed by atoms with E-state index >= 15 is 0 Å². The Balaban J connectivity index is 1.44. The largest absolute Gasteiger partial charge is 0.493 e. The Morgan fingerprint density at radius 1 is 1.07 bits per heavy atom. The summed E-state index contributed by atoms with van der Waals surface area (Å²) in [6, 6.07) is 17.6. The average molecular weight is 379 g/mol. The zero-order valence-electron chi connectivity index (χ0n) is 16.0. The van der Waals surface area contributed by atoms with Gasteiger partial charge in [0.15, 0.2) is 6.61 Å². The van der Waals surface area contributed by atoms with Gasteiger partial charge in [0.2, 0.25) is 0 Å². The SMILES string of the molecule is CCOc1ccccc1/C=C/C(=O)OCC(=O)NCC1(c2ccccc2)CC1. The van der Waals surface area contributed by atoms with Gasteiger partial charge in [0.25, 0.3) is 5.91 Å². The smallest absolute Gasteiger partial charge is 0.331 e. The number of benzene rings is 2. The molecule has 2 aromatic rings. The molecule has 2 aromatic carbocycles. The third-order valence-corrected chi connectivity index (χ3v) is 4.83. The molecule has 3 rings (SSSR count). The molecule has 1 saturated carbocycles. The number of amides is 1. The number of hydrogen-bond donors (Lipinski definition) is 1. The number of rotatable bonds is 9. The first kappa shape index (κ1) is 19.7. The van der Waals surface area contributed by atoms with Crippen molar-refractivity contribution in [3.63, 3.8) is 0 Å². The van der Waals surface area contributed by atoms with Crippen LogP contribution in [-0.2, 0) is 19.7 Å². The second-order valence-electron chi connectivity index (χ2n) is 6.83. The van der Waals surface area contributed by atoms with E-state index in [4.69, 9.17) is 9.47 Å². The van der Waals surface area contributed by atoms with Gasteiger partial charge >= 0.3 is 5.97 Å². The van der Waals surface area contributed by atoms with Crippen LogP contribution in [0.4, 0.5) is 0 Å². The second-order valence-corrected chi connectivity index (χ2v) is 6.83. The van der Waals surface area contributed by atoms with E-state index in [0.717, 1.165) is 18.4 Å². The molecule has 0 aromatic heterocycles. The highest BCUT2D eigenvalue weighted by atomic mass is 16.5. The predicted molar refractivity (Wildman–Crippen MR) is 108 cm³/mol. The number of esters is 1. The van der Waals surface area contributed by atoms with Gasteiger partial charge in [-0.25, -0.2) is 4.79 Å². The van der Waals surface area contributed by atoms with Crippen LogP contribution >= 0.6 is 0 Å². The van der Waals surface area contributed by atoms with Crippen LogP contribution in [0.25, 0.3) is 6.08 Å². The molecule has 146 valence electrons. The van der Waals surface area contributed by atoms with Crippen molar-refractivity contribution in [2.24, 2.45) is 0 Å². The van der Waals surface area contributed by atoms with Gasteiger partial charge in [0.1, 0.15) is 5.75 Å². The van der Waals surface area contributed by atoms with Crippen LogP contribution in [0.2, 0.25) is 0 Å². The van der Waals surface area contributed by atoms with Crippen molar-refractivity contribution in [2.75, 3.05) is 19.8 Å². The zero-order valence-corrected chi connectivity index (χ0v) is 16.0. The molecule has 0 bridgehead atoms. The lowest BCUT2D eigenvalue weighted by Gasteiger charge is -2.16. The number of nitrogens with one attached hydrogen (secondary N) is 1. The minimum absolute atomic E-state index is 0.0316. The fourth-order valence-corrected chi connectivity index (χ4v) is 3.08. The molecule has 0 radical (unpaired) electrons. The summed E-state index contributed by atoms with van der Waals surface area (Å²) in [4.78, 5) is 23.9. The van der Waals surface area contributed by atoms with Crippen molar-refractivity contribution < 1.29 is 19.1 Å². The quantitative estimate of drug-likeness (QED) is 0.535. The number of hydrogen-bond acceptors (Lipinski definition) is 4. The summed E-state index contributed by atoms with van der Waals surface area (Å²) in [6.45, 7) is 2.71. The molecule has 5 nitrogen and oxygen atoms in total. The number of ether oxygens (including phenoxy) is 2. The third-order valence-electron chi connectivity index (χ3n) is 4.83. The van der Waals surface area contributed by atoms with Crippen molar-refractivity contribution in [1.82, 2.24) is 5.32 Å². The second kappa shape index (κ2) is 9.22. The highest BCUT2D eigenvalue weighted by Crippen LogP contribution is 2.47. The first-order valence-corrected chi connectivity index (χ1v) is 9.52. The van der Waals surface area contributed by atoms with Crippen molar-refractivity contribution in [3.05, 3.63) is 71.8 Å². The van der Waals surface area contributed by atoms with Gasteiger partial charge in [-0.3, -0.25) is 4.79 Å². The molecule has 0 spiro atoms. The molecular formula is C23H25NO4. The van der Waals surface area contributed by atoms with E-state index in [1.165, 1.54) is 11.6 Å². The summed E-state index contributed by atoms with van der Waals surface area (Å²) in [5.74, 6) is -0.160. The van der Waals surface area contributed by atoms with Gasteiger partial charge in [0, 0.05) is 23.6 Å². The molecule has 28 heavy (non-hydrogen) atoms. The fourth-order valence-electron chi connectivity index (χ4n) is 3.08. The summed E-state index contributed by atoms with van der Waals surface area (Å²) in [6.07, 6.45) is 5.04. The van der Waals surface area contributed by atoms with E-state index < -0.39 is 5.97 Å². The first-order valence-electron chi connectivity index (χ1n) is 9.52. The predicted octanol–water partition coefficient (Wildman–Crippen LogP) is 3.49. The Morgan fingerprint density at radius 2 is 1.79 bits per heavy atom. The van der Waals surface area contributed by atoms with Gasteiger partial charge in [-0.2, -0.15) is 0 Å². The van der Waals surface area contributed by atoms with Crippen LogP contribution in [0.1, 0.15) is 30.9 Å². The minimum atomic E-state index is -0.564. The van der Waals surface area contributed by atoms with Crippen molar-refractivity contribution in [3.8, 4) is 5.75 Å². The zero-order chi connectivity index (χ0) is 19.8. The van der Waals surface area contributed by atoms with Gasteiger partial charge in [-0.15, -0.1) is 0 Å². The van der Waals surface area contributed by atoms with E-state index in [1.54, 1.807) is 6.08 Å². The highest BCUT2D eigenvalue weighted by molar-refractivity contribution is 5.89. The molecule has 1 N–H and O–H groups in total. The lowest BCUT2D eigenvalue weighted by atomic mass is 9.96. The summed E-state index contributed by atoms with van der Waals surface area (Å²) < 4.78 is 10.5. The number of carbonyl (C=O) groups is 2. The van der Waals surface area contributed by atoms with E-state index in [0.29, 0.717) is 18.9 Å². The molecule has 0 atom stereocenters. The molecule has 0 unspecified atom stereocenters. The summed E-state index contributed by atoms with van der Waals surface area (Å²) in [7, 11) is 0. The summed E-state index contributed by atoms with van der Waals surface area (Å²) >= 11 is 0. The van der Waals surface area contributed by atoms with Crippen LogP contribution < -0.4 is 10.1 Å². The van der Waals surface area contributed by atoms with Gasteiger partial charge in [-0.05, 0) is 37.5 Å². The Morgan fingerprint density at radius 3 is 2.50 bits per heavy atom. The monoisotopic (exact) mass is 379 g/mol. The topological polar surface area (TPSA) is 64.6 Å². The van der Waals surface area contributed by atoms with Crippen molar-refractivity contribution in [2.45, 2.75) is 25.2 Å². The molecule has 0 heterocycles. The first-order chi connectivity index (χ1) is 13.6. The molecular weight excluding hydrogens is 354 g/mol. The van der Waals surface area contributed by atoms with Crippen LogP contribution in [0.5, 0.6) is 5.75 Å². The van der Waals surface area contributed by atoms with Crippen LogP contribution in [0.15, 0.2) is 60.7 Å². The lowest BCUT2D eigenvalue weighted by Crippen LogP contribution is -2.35. The molecule has 0 aliphatic heterocycles. The van der Waals surface area contributed by atoms with E-state index in [1.807, 2.05) is 49.4 Å². The summed E-state index contributed by atoms with van der Waals surface area (Å²) in [5, 5.41) is 2.88. The van der Waals surface area contributed by atoms with Crippen LogP contribution in [0, 0.1) is 0 Å². The normalized spacial score (nSPS) is 14.5. The van der Waals surface area contributed by atoms with Gasteiger partial charge in [-0.1, -0.05) is 48.5 Å². The maximum absolute atomic E-state index is 12.0. The Kier molecular flexibility index (Phi) is 6.48. The van der Waals surface area contributed by atoms with Crippen molar-refractivity contribution >= 4 is 18.0 Å². The average Bonchev–Trinajstić information content (AvgIpc) is 3.52. The molecule has 0 saturated heterocycles.